The number of carboxylic acid groups (broad SMARTS) is 2. The summed E-state index contributed by atoms with van der Waals surface area (Å²) >= 11 is 0. The lowest BCUT2D eigenvalue weighted by Crippen LogP contribution is -2.22. The van der Waals surface area contributed by atoms with Gasteiger partial charge in [0, 0.05) is 0 Å². The molecule has 2 N–H and O–H groups in total. The van der Waals surface area contributed by atoms with Crippen LogP contribution in [0.5, 0.6) is 0 Å². The van der Waals surface area contributed by atoms with Crippen molar-refractivity contribution in [2.75, 3.05) is 0 Å². The minimum Gasteiger partial charge on any atom is -0.481 e. The van der Waals surface area contributed by atoms with Crippen LogP contribution < -0.4 is 0 Å². The third kappa shape index (κ3) is 17.0. The van der Waals surface area contributed by atoms with Crippen LogP contribution >= 0.6 is 0 Å². The molecule has 0 bridgehead atoms. The van der Waals surface area contributed by atoms with E-state index in [1.54, 1.807) is 6.92 Å². The Bertz CT molecular complexity index is 240. The Balaban J connectivity index is 0. The van der Waals surface area contributed by atoms with E-state index in [0.29, 0.717) is 6.42 Å². The van der Waals surface area contributed by atoms with Crippen molar-refractivity contribution in [2.45, 2.75) is 97.8 Å². The largest absolute Gasteiger partial charge is 0.481 e. The summed E-state index contributed by atoms with van der Waals surface area (Å²) in [4.78, 5) is 20.3. The zero-order valence-electron chi connectivity index (χ0n) is 14.8. The van der Waals surface area contributed by atoms with E-state index in [4.69, 9.17) is 10.2 Å². The van der Waals surface area contributed by atoms with Crippen LogP contribution in [0.3, 0.4) is 0 Å². The molecule has 0 aromatic rings. The summed E-state index contributed by atoms with van der Waals surface area (Å²) in [6.07, 6.45) is 15.2. The first-order valence-corrected chi connectivity index (χ1v) is 8.96. The quantitative estimate of drug-likeness (QED) is 0.347. The minimum atomic E-state index is -1.26. The maximum atomic E-state index is 10.2. The van der Waals surface area contributed by atoms with Crippen LogP contribution in [0, 0.1) is 5.92 Å². The zero-order valence-corrected chi connectivity index (χ0v) is 14.8. The van der Waals surface area contributed by atoms with Crippen LogP contribution in [-0.2, 0) is 9.59 Å². The van der Waals surface area contributed by atoms with Crippen molar-refractivity contribution < 1.29 is 19.8 Å². The van der Waals surface area contributed by atoms with Gasteiger partial charge in [0.15, 0.2) is 5.92 Å². The Morgan fingerprint density at radius 3 is 1.14 bits per heavy atom. The first-order chi connectivity index (χ1) is 10.5. The summed E-state index contributed by atoms with van der Waals surface area (Å²) in [5.74, 6) is -3.74. The highest BCUT2D eigenvalue weighted by molar-refractivity contribution is 5.92. The Kier molecular flexibility index (Phi) is 19.0. The van der Waals surface area contributed by atoms with Crippen molar-refractivity contribution >= 4 is 11.9 Å². The molecule has 0 amide bonds. The number of carbonyl (C=O) groups is 2. The molecule has 0 heterocycles. The average molecular weight is 316 g/mol. The second-order valence-electron chi connectivity index (χ2n) is 5.85. The molecule has 0 saturated carbocycles. The van der Waals surface area contributed by atoms with Gasteiger partial charge in [-0.05, 0) is 6.42 Å². The van der Waals surface area contributed by atoms with E-state index in [-0.39, 0.29) is 6.42 Å². The van der Waals surface area contributed by atoms with Crippen LogP contribution in [0.15, 0.2) is 0 Å². The molecule has 0 atom stereocenters. The van der Waals surface area contributed by atoms with Gasteiger partial charge < -0.3 is 10.2 Å². The predicted octanol–water partition coefficient (Wildman–Crippen LogP) is 5.50. The summed E-state index contributed by atoms with van der Waals surface area (Å²) in [7, 11) is 0. The van der Waals surface area contributed by atoms with Crippen molar-refractivity contribution in [2.24, 2.45) is 5.92 Å². The second-order valence-corrected chi connectivity index (χ2v) is 5.85. The molecule has 0 aliphatic rings. The van der Waals surface area contributed by atoms with Gasteiger partial charge in [-0.25, -0.2) is 0 Å². The van der Waals surface area contributed by atoms with Crippen LogP contribution in [0.1, 0.15) is 97.8 Å². The van der Waals surface area contributed by atoms with E-state index in [0.717, 1.165) is 0 Å². The van der Waals surface area contributed by atoms with Crippen LogP contribution in [-0.4, -0.2) is 22.2 Å². The Labute approximate surface area is 136 Å². The zero-order chi connectivity index (χ0) is 17.2. The lowest BCUT2D eigenvalue weighted by molar-refractivity contribution is -0.154. The van der Waals surface area contributed by atoms with Crippen LogP contribution in [0.4, 0.5) is 0 Å². The molecule has 0 aliphatic carbocycles. The molecule has 0 aliphatic heterocycles. The SMILES string of the molecule is CCCC(C(=O)O)C(=O)O.CCCCCCCCCCCC. The average Bonchev–Trinajstić information content (AvgIpc) is 2.47. The third-order valence-electron chi connectivity index (χ3n) is 3.63. The Morgan fingerprint density at radius 1 is 0.636 bits per heavy atom. The van der Waals surface area contributed by atoms with E-state index >= 15 is 0 Å². The predicted molar refractivity (Wildman–Crippen MR) is 91.2 cm³/mol. The van der Waals surface area contributed by atoms with Crippen molar-refractivity contribution in [3.05, 3.63) is 0 Å². The van der Waals surface area contributed by atoms with Gasteiger partial charge in [-0.1, -0.05) is 91.4 Å². The van der Waals surface area contributed by atoms with Gasteiger partial charge in [0.05, 0.1) is 0 Å². The highest BCUT2D eigenvalue weighted by Crippen LogP contribution is 2.10. The fraction of sp³-hybridized carbons (Fsp3) is 0.889. The molecule has 0 rings (SSSR count). The van der Waals surface area contributed by atoms with Gasteiger partial charge in [-0.2, -0.15) is 0 Å². The standard InChI is InChI=1S/C12H26.C6H10O4/c1-3-5-7-9-11-12-10-8-6-4-2;1-2-3-4(5(7)8)6(9)10/h3-12H2,1-2H3;4H,2-3H2,1H3,(H,7,8)(H,9,10). The van der Waals surface area contributed by atoms with E-state index < -0.39 is 17.9 Å². The molecule has 132 valence electrons. The number of aliphatic carboxylic acids is 2. The monoisotopic (exact) mass is 316 g/mol. The number of hydrogen-bond acceptors (Lipinski definition) is 2. The molecule has 22 heavy (non-hydrogen) atoms. The molecule has 0 aromatic carbocycles. The highest BCUT2D eigenvalue weighted by Gasteiger charge is 2.23. The maximum absolute atomic E-state index is 10.2. The Morgan fingerprint density at radius 2 is 0.955 bits per heavy atom. The molecular weight excluding hydrogens is 280 g/mol. The fourth-order valence-electron chi connectivity index (χ4n) is 2.20. The van der Waals surface area contributed by atoms with Crippen LogP contribution in [0.25, 0.3) is 0 Å². The van der Waals surface area contributed by atoms with Gasteiger partial charge in [0.25, 0.3) is 0 Å². The molecule has 0 aromatic heterocycles. The van der Waals surface area contributed by atoms with E-state index in [1.165, 1.54) is 64.2 Å². The van der Waals surface area contributed by atoms with Gasteiger partial charge in [0.2, 0.25) is 0 Å². The number of hydrogen-bond donors (Lipinski definition) is 2. The smallest absolute Gasteiger partial charge is 0.317 e. The normalized spacial score (nSPS) is 10.2. The van der Waals surface area contributed by atoms with Crippen molar-refractivity contribution in [1.82, 2.24) is 0 Å². The summed E-state index contributed by atoms with van der Waals surface area (Å²) in [6, 6.07) is 0. The van der Waals surface area contributed by atoms with Gasteiger partial charge in [-0.15, -0.1) is 0 Å². The molecule has 0 unspecified atom stereocenters. The molecule has 0 fully saturated rings. The van der Waals surface area contributed by atoms with Crippen LogP contribution in [0.2, 0.25) is 0 Å². The highest BCUT2D eigenvalue weighted by atomic mass is 16.4. The van der Waals surface area contributed by atoms with Crippen molar-refractivity contribution in [3.63, 3.8) is 0 Å². The van der Waals surface area contributed by atoms with Gasteiger partial charge in [0.1, 0.15) is 0 Å². The summed E-state index contributed by atoms with van der Waals surface area (Å²) in [5, 5.41) is 16.6. The first kappa shape index (κ1) is 23.2. The molecule has 4 nitrogen and oxygen atoms in total. The molecule has 0 radical (unpaired) electrons. The van der Waals surface area contributed by atoms with E-state index in [9.17, 15) is 9.59 Å². The van der Waals surface area contributed by atoms with E-state index in [1.807, 2.05) is 0 Å². The summed E-state index contributed by atoms with van der Waals surface area (Å²) in [5.41, 5.74) is 0. The molecule has 0 saturated heterocycles. The van der Waals surface area contributed by atoms with Crippen molar-refractivity contribution in [3.8, 4) is 0 Å². The lowest BCUT2D eigenvalue weighted by Gasteiger charge is -2.02. The van der Waals surface area contributed by atoms with E-state index in [2.05, 4.69) is 13.8 Å². The topological polar surface area (TPSA) is 74.6 Å². The summed E-state index contributed by atoms with van der Waals surface area (Å²) < 4.78 is 0. The summed E-state index contributed by atoms with van der Waals surface area (Å²) in [6.45, 7) is 6.31. The molecule has 4 heteroatoms. The first-order valence-electron chi connectivity index (χ1n) is 8.96. The Hall–Kier alpha value is -1.06. The number of unbranched alkanes of at least 4 members (excludes halogenated alkanes) is 9. The maximum Gasteiger partial charge on any atom is 0.317 e. The fourth-order valence-corrected chi connectivity index (χ4v) is 2.20. The second kappa shape index (κ2) is 18.0. The molecular formula is C18H36O4. The minimum absolute atomic E-state index is 0.199. The number of rotatable bonds is 13. The number of carboxylic acids is 2. The molecule has 0 spiro atoms. The van der Waals surface area contributed by atoms with Gasteiger partial charge in [-0.3, -0.25) is 9.59 Å². The van der Waals surface area contributed by atoms with Gasteiger partial charge >= 0.3 is 11.9 Å². The lowest BCUT2D eigenvalue weighted by atomic mass is 10.1. The van der Waals surface area contributed by atoms with Crippen molar-refractivity contribution in [1.29, 1.82) is 0 Å². The third-order valence-corrected chi connectivity index (χ3v) is 3.63.